The molecular formula is C19H22O3. The molecule has 1 aromatic rings. The van der Waals surface area contributed by atoms with E-state index in [0.717, 1.165) is 32.1 Å². The molecule has 3 nitrogen and oxygen atoms in total. The summed E-state index contributed by atoms with van der Waals surface area (Å²) in [5.74, 6) is 0.617. The van der Waals surface area contributed by atoms with Gasteiger partial charge in [-0.3, -0.25) is 4.79 Å². The quantitative estimate of drug-likeness (QED) is 0.854. The third kappa shape index (κ3) is 1.16. The monoisotopic (exact) mass is 298 g/mol. The van der Waals surface area contributed by atoms with Crippen molar-refractivity contribution in [3.63, 3.8) is 0 Å². The van der Waals surface area contributed by atoms with Crippen LogP contribution in [0.25, 0.3) is 0 Å². The van der Waals surface area contributed by atoms with Gasteiger partial charge in [-0.2, -0.15) is 0 Å². The van der Waals surface area contributed by atoms with E-state index in [1.807, 2.05) is 0 Å². The number of fused-ring (bicyclic) bond motifs is 2. The van der Waals surface area contributed by atoms with Gasteiger partial charge in [0.15, 0.2) is 0 Å². The lowest BCUT2D eigenvalue weighted by Crippen LogP contribution is -2.57. The van der Waals surface area contributed by atoms with E-state index in [2.05, 4.69) is 30.3 Å². The second kappa shape index (κ2) is 3.76. The number of carbonyl (C=O) groups excluding carboxylic acids is 1. The number of methoxy groups -OCH3 is 1. The normalized spacial score (nSPS) is 50.5. The predicted octanol–water partition coefficient (Wildman–Crippen LogP) is 2.67. The highest BCUT2D eigenvalue weighted by Crippen LogP contribution is 2.84. The number of hydrogen-bond acceptors (Lipinski definition) is 3. The number of aliphatic hydroxyl groups is 1. The van der Waals surface area contributed by atoms with Gasteiger partial charge in [0.1, 0.15) is 0 Å². The number of benzene rings is 1. The molecule has 22 heavy (non-hydrogen) atoms. The third-order valence-corrected chi connectivity index (χ3v) is 7.64. The Hall–Kier alpha value is -1.35. The molecule has 0 heterocycles. The maximum atomic E-state index is 12.6. The Bertz CT molecular complexity index is 656. The zero-order valence-electron chi connectivity index (χ0n) is 12.9. The highest BCUT2D eigenvalue weighted by atomic mass is 16.5. The van der Waals surface area contributed by atoms with E-state index in [9.17, 15) is 9.90 Å². The first-order valence-electron chi connectivity index (χ1n) is 8.39. The fourth-order valence-corrected chi connectivity index (χ4v) is 7.12. The van der Waals surface area contributed by atoms with Gasteiger partial charge < -0.3 is 9.84 Å². The molecular weight excluding hydrogens is 276 g/mol. The van der Waals surface area contributed by atoms with Crippen LogP contribution in [0.4, 0.5) is 0 Å². The minimum atomic E-state index is -0.361. The van der Waals surface area contributed by atoms with Crippen LogP contribution in [0, 0.1) is 22.7 Å². The van der Waals surface area contributed by atoms with Gasteiger partial charge in [-0.1, -0.05) is 30.3 Å². The van der Waals surface area contributed by atoms with Crippen molar-refractivity contribution in [1.29, 1.82) is 0 Å². The molecule has 3 heteroatoms. The lowest BCUT2D eigenvalue weighted by molar-refractivity contribution is -0.155. The molecule has 116 valence electrons. The number of rotatable bonds is 2. The topological polar surface area (TPSA) is 46.5 Å². The Morgan fingerprint density at radius 3 is 2.68 bits per heavy atom. The smallest absolute Gasteiger partial charge is 0.311 e. The van der Waals surface area contributed by atoms with Crippen LogP contribution >= 0.6 is 0 Å². The van der Waals surface area contributed by atoms with E-state index < -0.39 is 0 Å². The minimum absolute atomic E-state index is 0.0471. The SMILES string of the molecule is COC(=O)C12CC3CC4(C1)C(CC4(c1ccccc1)C2)C3O. The van der Waals surface area contributed by atoms with E-state index in [0.29, 0.717) is 5.92 Å². The average Bonchev–Trinajstić information content (AvgIpc) is 2.81. The van der Waals surface area contributed by atoms with Crippen LogP contribution in [0.1, 0.15) is 37.7 Å². The van der Waals surface area contributed by atoms with Crippen LogP contribution in [0.5, 0.6) is 0 Å². The van der Waals surface area contributed by atoms with Gasteiger partial charge in [0.2, 0.25) is 0 Å². The van der Waals surface area contributed by atoms with Crippen LogP contribution < -0.4 is 0 Å². The maximum Gasteiger partial charge on any atom is 0.311 e. The molecule has 3 bridgehead atoms. The van der Waals surface area contributed by atoms with Crippen LogP contribution in [-0.2, 0) is 14.9 Å². The number of aliphatic hydroxyl groups excluding tert-OH is 1. The molecule has 5 rings (SSSR count). The summed E-state index contributed by atoms with van der Waals surface area (Å²) in [6.45, 7) is 0. The Kier molecular flexibility index (Phi) is 2.24. The first-order chi connectivity index (χ1) is 10.6. The highest BCUT2D eigenvalue weighted by molar-refractivity contribution is 5.79. The molecule has 1 spiro atoms. The summed E-state index contributed by atoms with van der Waals surface area (Å²) in [4.78, 5) is 12.6. The zero-order valence-corrected chi connectivity index (χ0v) is 12.9. The van der Waals surface area contributed by atoms with Crippen molar-refractivity contribution < 1.29 is 14.6 Å². The summed E-state index contributed by atoms with van der Waals surface area (Å²) in [5, 5.41) is 10.7. The van der Waals surface area contributed by atoms with Crippen molar-refractivity contribution in [3.05, 3.63) is 35.9 Å². The Morgan fingerprint density at radius 1 is 1.18 bits per heavy atom. The summed E-state index contributed by atoms with van der Waals surface area (Å²) in [6, 6.07) is 10.7. The summed E-state index contributed by atoms with van der Waals surface area (Å²) >= 11 is 0. The lowest BCUT2D eigenvalue weighted by Gasteiger charge is -2.59. The number of carbonyl (C=O) groups is 1. The molecule has 6 unspecified atom stereocenters. The summed E-state index contributed by atoms with van der Waals surface area (Å²) in [7, 11) is 1.51. The van der Waals surface area contributed by atoms with Gasteiger partial charge in [-0.25, -0.2) is 0 Å². The molecule has 6 atom stereocenters. The van der Waals surface area contributed by atoms with Gasteiger partial charge in [-0.05, 0) is 54.9 Å². The minimum Gasteiger partial charge on any atom is -0.469 e. The van der Waals surface area contributed by atoms with Crippen molar-refractivity contribution in [3.8, 4) is 0 Å². The molecule has 0 saturated heterocycles. The summed E-state index contributed by atoms with van der Waals surface area (Å²) in [5.41, 5.74) is 1.22. The summed E-state index contributed by atoms with van der Waals surface area (Å²) < 4.78 is 5.19. The molecule has 0 aromatic heterocycles. The average molecular weight is 298 g/mol. The van der Waals surface area contributed by atoms with Crippen LogP contribution in [0.2, 0.25) is 0 Å². The second-order valence-electron chi connectivity index (χ2n) is 8.20. The van der Waals surface area contributed by atoms with E-state index in [-0.39, 0.29) is 34.2 Å². The third-order valence-electron chi connectivity index (χ3n) is 7.64. The number of hydrogen-bond donors (Lipinski definition) is 1. The fraction of sp³-hybridized carbons (Fsp3) is 0.632. The summed E-state index contributed by atoms with van der Waals surface area (Å²) in [6.07, 6.45) is 4.55. The van der Waals surface area contributed by atoms with E-state index in [1.54, 1.807) is 0 Å². The predicted molar refractivity (Wildman–Crippen MR) is 81.1 cm³/mol. The van der Waals surface area contributed by atoms with E-state index in [1.165, 1.54) is 12.7 Å². The first kappa shape index (κ1) is 13.1. The van der Waals surface area contributed by atoms with Crippen LogP contribution in [-0.4, -0.2) is 24.3 Å². The Balaban J connectivity index is 1.69. The molecule has 0 radical (unpaired) electrons. The molecule has 1 aromatic carbocycles. The van der Waals surface area contributed by atoms with Crippen molar-refractivity contribution >= 4 is 5.97 Å². The molecule has 4 aliphatic carbocycles. The Labute approximate surface area is 130 Å². The second-order valence-corrected chi connectivity index (χ2v) is 8.20. The highest BCUT2D eigenvalue weighted by Gasteiger charge is 2.82. The van der Waals surface area contributed by atoms with Crippen molar-refractivity contribution in [2.45, 2.75) is 43.6 Å². The number of ether oxygens (including phenoxy) is 1. The van der Waals surface area contributed by atoms with Crippen molar-refractivity contribution in [1.82, 2.24) is 0 Å². The molecule has 1 N–H and O–H groups in total. The molecule has 4 aliphatic rings. The van der Waals surface area contributed by atoms with Gasteiger partial charge >= 0.3 is 5.97 Å². The van der Waals surface area contributed by atoms with Crippen LogP contribution in [0.3, 0.4) is 0 Å². The lowest BCUT2D eigenvalue weighted by atomic mass is 9.44. The fourth-order valence-electron chi connectivity index (χ4n) is 7.12. The van der Waals surface area contributed by atoms with Gasteiger partial charge in [0, 0.05) is 5.41 Å². The largest absolute Gasteiger partial charge is 0.469 e. The van der Waals surface area contributed by atoms with Gasteiger partial charge in [0.05, 0.1) is 18.6 Å². The van der Waals surface area contributed by atoms with Gasteiger partial charge in [-0.15, -0.1) is 0 Å². The standard InChI is InChI=1S/C19H22O3/c1-22-16(21)17-7-12-8-19(11-17)14(15(12)20)9-18(19,10-17)13-5-3-2-4-6-13/h2-6,12,14-15,20H,7-11H2,1H3. The van der Waals surface area contributed by atoms with E-state index >= 15 is 0 Å². The van der Waals surface area contributed by atoms with Crippen molar-refractivity contribution in [2.75, 3.05) is 7.11 Å². The zero-order chi connectivity index (χ0) is 15.2. The molecule has 0 aliphatic heterocycles. The molecule has 4 saturated carbocycles. The van der Waals surface area contributed by atoms with Gasteiger partial charge in [0.25, 0.3) is 0 Å². The maximum absolute atomic E-state index is 12.6. The van der Waals surface area contributed by atoms with Crippen LogP contribution in [0.15, 0.2) is 30.3 Å². The van der Waals surface area contributed by atoms with E-state index in [4.69, 9.17) is 4.74 Å². The first-order valence-corrected chi connectivity index (χ1v) is 8.39. The molecule has 0 amide bonds. The van der Waals surface area contributed by atoms with Crippen molar-refractivity contribution in [2.24, 2.45) is 22.7 Å². The molecule has 4 fully saturated rings. The Morgan fingerprint density at radius 2 is 1.95 bits per heavy atom. The number of esters is 1.